The first-order chi connectivity index (χ1) is 14.4. The van der Waals surface area contributed by atoms with E-state index in [1.807, 2.05) is 31.2 Å². The number of ether oxygens (including phenoxy) is 1. The van der Waals surface area contributed by atoms with E-state index in [9.17, 15) is 14.7 Å². The Hall–Kier alpha value is -2.97. The summed E-state index contributed by atoms with van der Waals surface area (Å²) in [5.41, 5.74) is 1.96. The van der Waals surface area contributed by atoms with Crippen LogP contribution in [0.2, 0.25) is 0 Å². The number of aliphatic hydroxyl groups is 1. The van der Waals surface area contributed by atoms with Crippen LogP contribution in [-0.2, 0) is 9.59 Å². The van der Waals surface area contributed by atoms with Crippen molar-refractivity contribution < 1.29 is 19.4 Å². The number of rotatable bonds is 4. The van der Waals surface area contributed by atoms with Crippen molar-refractivity contribution in [2.24, 2.45) is 0 Å². The van der Waals surface area contributed by atoms with Crippen molar-refractivity contribution in [3.05, 3.63) is 80.8 Å². The second-order valence-corrected chi connectivity index (χ2v) is 8.51. The lowest BCUT2D eigenvalue weighted by molar-refractivity contribution is -0.132. The first-order valence-corrected chi connectivity index (χ1v) is 10.7. The number of thiazole rings is 1. The number of hydrogen-bond donors (Lipinski definition) is 1. The molecule has 1 aromatic heterocycles. The third-order valence-corrected chi connectivity index (χ3v) is 6.22. The van der Waals surface area contributed by atoms with Crippen LogP contribution in [0, 0.1) is 6.92 Å². The van der Waals surface area contributed by atoms with Gasteiger partial charge in [-0.3, -0.25) is 14.5 Å². The van der Waals surface area contributed by atoms with Crippen LogP contribution in [-0.4, -0.2) is 28.9 Å². The number of carbonyl (C=O) groups excluding carboxylic acids is 2. The number of amides is 1. The SMILES string of the molecule is COc1ccc(C(O)=C2C(=O)C(=O)N(c3nccs3)[C@H]2c2ccc(Br)cc2)cc1C. The summed E-state index contributed by atoms with van der Waals surface area (Å²) in [7, 11) is 1.56. The van der Waals surface area contributed by atoms with Crippen LogP contribution in [0.25, 0.3) is 5.76 Å². The van der Waals surface area contributed by atoms with E-state index in [0.29, 0.717) is 22.0 Å². The third-order valence-electron chi connectivity index (χ3n) is 4.92. The minimum Gasteiger partial charge on any atom is -0.507 e. The topological polar surface area (TPSA) is 79.7 Å². The van der Waals surface area contributed by atoms with Crippen molar-refractivity contribution in [2.45, 2.75) is 13.0 Å². The molecule has 0 saturated carbocycles. The Balaban J connectivity index is 1.92. The number of aliphatic hydroxyl groups excluding tert-OH is 1. The molecular weight excluding hydrogens is 468 g/mol. The van der Waals surface area contributed by atoms with Crippen molar-refractivity contribution in [2.75, 3.05) is 12.0 Å². The molecule has 0 radical (unpaired) electrons. The quantitative estimate of drug-likeness (QED) is 0.325. The van der Waals surface area contributed by atoms with Gasteiger partial charge in [0, 0.05) is 21.6 Å². The summed E-state index contributed by atoms with van der Waals surface area (Å²) >= 11 is 4.66. The highest BCUT2D eigenvalue weighted by Crippen LogP contribution is 2.43. The van der Waals surface area contributed by atoms with Crippen LogP contribution in [0.3, 0.4) is 0 Å². The fraction of sp³-hybridized carbons (Fsp3) is 0.136. The van der Waals surface area contributed by atoms with Gasteiger partial charge in [0.1, 0.15) is 11.5 Å². The lowest BCUT2D eigenvalue weighted by Gasteiger charge is -2.23. The smallest absolute Gasteiger partial charge is 0.301 e. The van der Waals surface area contributed by atoms with Gasteiger partial charge < -0.3 is 9.84 Å². The van der Waals surface area contributed by atoms with Crippen LogP contribution in [0.15, 0.2) is 64.1 Å². The van der Waals surface area contributed by atoms with Gasteiger partial charge in [0.15, 0.2) is 5.13 Å². The summed E-state index contributed by atoms with van der Waals surface area (Å²) in [6, 6.07) is 11.6. The summed E-state index contributed by atoms with van der Waals surface area (Å²) in [6.45, 7) is 1.84. The number of aryl methyl sites for hydroxylation is 1. The number of carbonyl (C=O) groups is 2. The maximum Gasteiger partial charge on any atom is 0.301 e. The molecule has 6 nitrogen and oxygen atoms in total. The standard InChI is InChI=1S/C22H17BrN2O4S/c1-12-11-14(5-8-16(12)29-2)19(26)17-18(13-3-6-15(23)7-4-13)25(21(28)20(17)27)22-24-9-10-30-22/h3-11,18,26H,1-2H3/t18-/m0/s1. The van der Waals surface area contributed by atoms with Gasteiger partial charge in [-0.1, -0.05) is 28.1 Å². The molecule has 0 aliphatic carbocycles. The summed E-state index contributed by atoms with van der Waals surface area (Å²) < 4.78 is 6.14. The average molecular weight is 485 g/mol. The predicted octanol–water partition coefficient (Wildman–Crippen LogP) is 4.85. The maximum absolute atomic E-state index is 13.0. The van der Waals surface area contributed by atoms with Crippen LogP contribution in [0.5, 0.6) is 5.75 Å². The molecule has 2 aromatic carbocycles. The minimum absolute atomic E-state index is 0.0297. The fourth-order valence-electron chi connectivity index (χ4n) is 3.51. The van der Waals surface area contributed by atoms with E-state index in [2.05, 4.69) is 20.9 Å². The second-order valence-electron chi connectivity index (χ2n) is 6.72. The molecule has 0 bridgehead atoms. The van der Waals surface area contributed by atoms with Crippen LogP contribution < -0.4 is 9.64 Å². The average Bonchev–Trinajstić information content (AvgIpc) is 3.35. The molecule has 1 aliphatic rings. The molecule has 1 fully saturated rings. The monoisotopic (exact) mass is 484 g/mol. The molecule has 2 heterocycles. The summed E-state index contributed by atoms with van der Waals surface area (Å²) in [5, 5.41) is 13.2. The number of anilines is 1. The number of halogens is 1. The number of Topliss-reactive ketones (excluding diaryl/α,β-unsaturated/α-hetero) is 1. The van der Waals surface area contributed by atoms with Gasteiger partial charge in [-0.05, 0) is 48.4 Å². The zero-order chi connectivity index (χ0) is 21.4. The van der Waals surface area contributed by atoms with E-state index < -0.39 is 17.7 Å². The van der Waals surface area contributed by atoms with Gasteiger partial charge in [-0.25, -0.2) is 4.98 Å². The minimum atomic E-state index is -0.786. The highest BCUT2D eigenvalue weighted by atomic mass is 79.9. The zero-order valence-corrected chi connectivity index (χ0v) is 18.5. The highest BCUT2D eigenvalue weighted by Gasteiger charge is 2.47. The lowest BCUT2D eigenvalue weighted by Crippen LogP contribution is -2.29. The predicted molar refractivity (Wildman–Crippen MR) is 119 cm³/mol. The Bertz CT molecular complexity index is 1160. The number of hydrogen-bond acceptors (Lipinski definition) is 6. The van der Waals surface area contributed by atoms with Crippen molar-refractivity contribution in [1.29, 1.82) is 0 Å². The van der Waals surface area contributed by atoms with Gasteiger partial charge >= 0.3 is 5.91 Å². The molecule has 1 aliphatic heterocycles. The van der Waals surface area contributed by atoms with E-state index in [0.717, 1.165) is 10.0 Å². The normalized spacial score (nSPS) is 18.1. The molecule has 3 aromatic rings. The van der Waals surface area contributed by atoms with Gasteiger partial charge in [0.05, 0.1) is 18.7 Å². The van der Waals surface area contributed by atoms with Gasteiger partial charge in [-0.2, -0.15) is 0 Å². The van der Waals surface area contributed by atoms with Crippen molar-refractivity contribution in [3.63, 3.8) is 0 Å². The first kappa shape index (κ1) is 20.3. The van der Waals surface area contributed by atoms with Crippen molar-refractivity contribution in [3.8, 4) is 5.75 Å². The molecule has 0 unspecified atom stereocenters. The number of methoxy groups -OCH3 is 1. The Labute approximate surface area is 185 Å². The summed E-state index contributed by atoms with van der Waals surface area (Å²) in [5.74, 6) is -1.03. The Kier molecular flexibility index (Phi) is 5.44. The van der Waals surface area contributed by atoms with E-state index >= 15 is 0 Å². The van der Waals surface area contributed by atoms with Crippen molar-refractivity contribution in [1.82, 2.24) is 4.98 Å². The van der Waals surface area contributed by atoms with Crippen LogP contribution in [0.4, 0.5) is 5.13 Å². The van der Waals surface area contributed by atoms with E-state index in [4.69, 9.17) is 4.74 Å². The Morgan fingerprint density at radius 3 is 2.53 bits per heavy atom. The first-order valence-electron chi connectivity index (χ1n) is 9.03. The van der Waals surface area contributed by atoms with E-state index in [-0.39, 0.29) is 11.3 Å². The van der Waals surface area contributed by atoms with Gasteiger partial charge in [0.25, 0.3) is 5.78 Å². The molecule has 1 saturated heterocycles. The molecule has 1 N–H and O–H groups in total. The summed E-state index contributed by atoms with van der Waals surface area (Å²) in [4.78, 5) is 31.5. The number of aromatic nitrogens is 1. The number of nitrogens with zero attached hydrogens (tertiary/aromatic N) is 2. The fourth-order valence-corrected chi connectivity index (χ4v) is 4.44. The molecule has 8 heteroatoms. The zero-order valence-electron chi connectivity index (χ0n) is 16.1. The van der Waals surface area contributed by atoms with E-state index in [1.165, 1.54) is 16.2 Å². The molecule has 1 amide bonds. The highest BCUT2D eigenvalue weighted by molar-refractivity contribution is 9.10. The Morgan fingerprint density at radius 2 is 1.93 bits per heavy atom. The molecule has 0 spiro atoms. The lowest BCUT2D eigenvalue weighted by atomic mass is 9.95. The molecule has 1 atom stereocenters. The molecular formula is C22H17BrN2O4S. The van der Waals surface area contributed by atoms with Crippen molar-refractivity contribution >= 4 is 49.8 Å². The molecule has 152 valence electrons. The van der Waals surface area contributed by atoms with E-state index in [1.54, 1.807) is 36.9 Å². The largest absolute Gasteiger partial charge is 0.507 e. The second kappa shape index (κ2) is 8.04. The molecule has 4 rings (SSSR count). The number of ketones is 1. The molecule has 30 heavy (non-hydrogen) atoms. The van der Waals surface area contributed by atoms with Crippen LogP contribution in [0.1, 0.15) is 22.7 Å². The number of benzene rings is 2. The Morgan fingerprint density at radius 1 is 1.20 bits per heavy atom. The summed E-state index contributed by atoms with van der Waals surface area (Å²) in [6.07, 6.45) is 1.57. The third kappa shape index (κ3) is 3.42. The van der Waals surface area contributed by atoms with Gasteiger partial charge in [-0.15, -0.1) is 11.3 Å². The van der Waals surface area contributed by atoms with Gasteiger partial charge in [0.2, 0.25) is 0 Å². The van der Waals surface area contributed by atoms with Crippen LogP contribution >= 0.6 is 27.3 Å². The maximum atomic E-state index is 13.0.